The molecule has 0 bridgehead atoms. The summed E-state index contributed by atoms with van der Waals surface area (Å²) in [4.78, 5) is 2.26. The van der Waals surface area contributed by atoms with Crippen molar-refractivity contribution in [3.63, 3.8) is 0 Å². The quantitative estimate of drug-likeness (QED) is 0.563. The van der Waals surface area contributed by atoms with Crippen molar-refractivity contribution in [1.29, 1.82) is 0 Å². The van der Waals surface area contributed by atoms with Gasteiger partial charge in [0, 0.05) is 11.3 Å². The minimum Gasteiger partial charge on any atom is -0.457 e. The SMILES string of the molecule is CCc1ccc(N2C[C@](O)(c3ccc(Oc4ccccc4)cc3)[N+]3=C2SCCC3)cc1. The van der Waals surface area contributed by atoms with E-state index in [0.29, 0.717) is 6.54 Å². The highest BCUT2D eigenvalue weighted by atomic mass is 32.2. The Morgan fingerprint density at radius 2 is 1.68 bits per heavy atom. The zero-order valence-electron chi connectivity index (χ0n) is 17.7. The summed E-state index contributed by atoms with van der Waals surface area (Å²) in [5.41, 5.74) is 2.29. The van der Waals surface area contributed by atoms with Gasteiger partial charge in [-0.15, -0.1) is 0 Å². The Bertz CT molecular complexity index is 1080. The largest absolute Gasteiger partial charge is 0.457 e. The number of amidine groups is 1. The first-order valence-electron chi connectivity index (χ1n) is 10.9. The van der Waals surface area contributed by atoms with E-state index in [1.807, 2.05) is 66.4 Å². The first-order chi connectivity index (χ1) is 15.2. The lowest BCUT2D eigenvalue weighted by molar-refractivity contribution is -0.656. The van der Waals surface area contributed by atoms with Crippen LogP contribution in [0.5, 0.6) is 11.5 Å². The number of thioether (sulfide) groups is 1. The molecule has 3 aromatic carbocycles. The first-order valence-corrected chi connectivity index (χ1v) is 11.9. The van der Waals surface area contributed by atoms with Crippen LogP contribution in [-0.2, 0) is 12.1 Å². The number of benzene rings is 3. The van der Waals surface area contributed by atoms with Gasteiger partial charge in [0.25, 0.3) is 5.72 Å². The van der Waals surface area contributed by atoms with Crippen molar-refractivity contribution in [1.82, 2.24) is 0 Å². The van der Waals surface area contributed by atoms with Crippen LogP contribution in [-0.4, -0.2) is 33.7 Å². The second-order valence-corrected chi connectivity index (χ2v) is 9.06. The molecule has 4 nitrogen and oxygen atoms in total. The number of anilines is 1. The summed E-state index contributed by atoms with van der Waals surface area (Å²) in [6.07, 6.45) is 2.09. The Balaban J connectivity index is 1.44. The van der Waals surface area contributed by atoms with Crippen LogP contribution in [0.4, 0.5) is 5.69 Å². The van der Waals surface area contributed by atoms with Crippen LogP contribution in [0.2, 0.25) is 0 Å². The van der Waals surface area contributed by atoms with Crippen LogP contribution in [0.25, 0.3) is 0 Å². The molecule has 0 amide bonds. The highest BCUT2D eigenvalue weighted by molar-refractivity contribution is 8.13. The highest BCUT2D eigenvalue weighted by Crippen LogP contribution is 2.38. The molecule has 2 aliphatic rings. The van der Waals surface area contributed by atoms with E-state index in [1.165, 1.54) is 5.56 Å². The van der Waals surface area contributed by atoms with E-state index < -0.39 is 5.72 Å². The first kappa shape index (κ1) is 20.2. The Morgan fingerprint density at radius 3 is 2.39 bits per heavy atom. The molecule has 0 fully saturated rings. The number of ether oxygens (including phenoxy) is 1. The van der Waals surface area contributed by atoms with E-state index in [4.69, 9.17) is 4.74 Å². The molecule has 31 heavy (non-hydrogen) atoms. The summed E-state index contributed by atoms with van der Waals surface area (Å²) in [7, 11) is 0. The molecule has 5 rings (SSSR count). The van der Waals surface area contributed by atoms with Crippen LogP contribution in [0, 0.1) is 0 Å². The smallest absolute Gasteiger partial charge is 0.316 e. The average Bonchev–Trinajstić information content (AvgIpc) is 3.14. The molecule has 0 saturated carbocycles. The van der Waals surface area contributed by atoms with Crippen molar-refractivity contribution in [2.45, 2.75) is 25.5 Å². The highest BCUT2D eigenvalue weighted by Gasteiger charge is 2.53. The van der Waals surface area contributed by atoms with Crippen LogP contribution in [0.1, 0.15) is 24.5 Å². The van der Waals surface area contributed by atoms with E-state index >= 15 is 0 Å². The number of nitrogens with zero attached hydrogens (tertiary/aromatic N) is 2. The average molecular weight is 432 g/mol. The molecule has 0 spiro atoms. The van der Waals surface area contributed by atoms with Crippen LogP contribution >= 0.6 is 11.8 Å². The van der Waals surface area contributed by atoms with Gasteiger partial charge in [0.15, 0.2) is 6.54 Å². The van der Waals surface area contributed by atoms with Crippen molar-refractivity contribution in [3.8, 4) is 11.5 Å². The molecular formula is C26H27N2O2S+. The van der Waals surface area contributed by atoms with Gasteiger partial charge in [0.2, 0.25) is 0 Å². The predicted octanol–water partition coefficient (Wildman–Crippen LogP) is 5.21. The summed E-state index contributed by atoms with van der Waals surface area (Å²) in [6, 6.07) is 26.3. The van der Waals surface area contributed by atoms with Gasteiger partial charge in [0.05, 0.1) is 6.54 Å². The molecule has 158 valence electrons. The summed E-state index contributed by atoms with van der Waals surface area (Å²) in [5.74, 6) is 2.65. The summed E-state index contributed by atoms with van der Waals surface area (Å²) >= 11 is 1.83. The standard InChI is InChI=1S/C26H27N2O2S/c1-2-20-9-13-22(14-10-20)27-19-26(29,28-17-6-18-31-25(27)28)21-11-15-24(16-12-21)30-23-7-4-3-5-8-23/h3-5,7-16,29H,2,6,17-19H2,1H3/q+1/t26-/m0/s1. The van der Waals surface area contributed by atoms with Gasteiger partial charge in [-0.05, 0) is 78.7 Å². The third-order valence-electron chi connectivity index (χ3n) is 6.00. The molecule has 0 aromatic heterocycles. The number of aliphatic hydroxyl groups is 1. The Kier molecular flexibility index (Phi) is 5.47. The predicted molar refractivity (Wildman–Crippen MR) is 127 cm³/mol. The van der Waals surface area contributed by atoms with Gasteiger partial charge in [-0.1, -0.05) is 37.3 Å². The van der Waals surface area contributed by atoms with E-state index in [0.717, 1.165) is 53.1 Å². The molecule has 1 atom stereocenters. The maximum Gasteiger partial charge on any atom is 0.316 e. The lowest BCUT2D eigenvalue weighted by Crippen LogP contribution is -2.41. The van der Waals surface area contributed by atoms with Gasteiger partial charge in [-0.3, -0.25) is 0 Å². The Labute approximate surface area is 187 Å². The van der Waals surface area contributed by atoms with Crippen molar-refractivity contribution < 1.29 is 14.4 Å². The van der Waals surface area contributed by atoms with Crippen LogP contribution in [0.15, 0.2) is 78.9 Å². The fourth-order valence-corrected chi connectivity index (χ4v) is 5.45. The van der Waals surface area contributed by atoms with Crippen LogP contribution in [0.3, 0.4) is 0 Å². The number of hydrogen-bond acceptors (Lipinski definition) is 4. The fraction of sp³-hybridized carbons (Fsp3) is 0.269. The second kappa shape index (κ2) is 8.40. The molecule has 0 saturated heterocycles. The van der Waals surface area contributed by atoms with E-state index in [9.17, 15) is 5.11 Å². The second-order valence-electron chi connectivity index (χ2n) is 8.00. The fourth-order valence-electron chi connectivity index (χ4n) is 4.27. The maximum absolute atomic E-state index is 11.9. The van der Waals surface area contributed by atoms with Gasteiger partial charge in [-0.25, -0.2) is 9.48 Å². The summed E-state index contributed by atoms with van der Waals surface area (Å²) < 4.78 is 8.10. The number of hydrogen-bond donors (Lipinski definition) is 1. The third-order valence-corrected chi connectivity index (χ3v) is 7.19. The van der Waals surface area contributed by atoms with E-state index in [2.05, 4.69) is 40.7 Å². The molecule has 2 heterocycles. The van der Waals surface area contributed by atoms with E-state index in [1.54, 1.807) is 0 Å². The molecular weight excluding hydrogens is 404 g/mol. The van der Waals surface area contributed by atoms with Crippen molar-refractivity contribution in [2.24, 2.45) is 0 Å². The minimum atomic E-state index is -1.06. The van der Waals surface area contributed by atoms with Gasteiger partial charge >= 0.3 is 5.17 Å². The molecule has 0 radical (unpaired) electrons. The third kappa shape index (κ3) is 3.84. The molecule has 1 N–H and O–H groups in total. The minimum absolute atomic E-state index is 0.514. The Morgan fingerprint density at radius 1 is 0.968 bits per heavy atom. The van der Waals surface area contributed by atoms with Crippen molar-refractivity contribution in [3.05, 3.63) is 90.0 Å². The lowest BCUT2D eigenvalue weighted by Gasteiger charge is -2.24. The summed E-state index contributed by atoms with van der Waals surface area (Å²) in [6.45, 7) is 3.53. The monoisotopic (exact) mass is 431 g/mol. The van der Waals surface area contributed by atoms with Gasteiger partial charge < -0.3 is 9.84 Å². The Hall–Kier alpha value is -2.76. The molecule has 3 aromatic rings. The normalized spacial score (nSPS) is 20.6. The number of β-amino-alcohol motifs (C(OH)–C–C–N with tert-alkyl or cyclic N) is 1. The molecule has 0 aliphatic carbocycles. The topological polar surface area (TPSA) is 35.7 Å². The molecule has 0 unspecified atom stereocenters. The van der Waals surface area contributed by atoms with Crippen LogP contribution < -0.4 is 9.64 Å². The maximum atomic E-state index is 11.9. The van der Waals surface area contributed by atoms with Gasteiger partial charge in [0.1, 0.15) is 17.2 Å². The number of para-hydroxylation sites is 1. The molecule has 5 heteroatoms. The zero-order chi connectivity index (χ0) is 21.3. The zero-order valence-corrected chi connectivity index (χ0v) is 18.5. The molecule has 2 aliphatic heterocycles. The van der Waals surface area contributed by atoms with Crippen molar-refractivity contribution >= 4 is 22.6 Å². The summed E-state index contributed by atoms with van der Waals surface area (Å²) in [5, 5.41) is 13.0. The number of aryl methyl sites for hydroxylation is 1. The lowest BCUT2D eigenvalue weighted by atomic mass is 10.0. The van der Waals surface area contributed by atoms with E-state index in [-0.39, 0.29) is 0 Å². The van der Waals surface area contributed by atoms with Gasteiger partial charge in [-0.2, -0.15) is 0 Å². The number of rotatable bonds is 5. The van der Waals surface area contributed by atoms with Crippen molar-refractivity contribution in [2.75, 3.05) is 23.7 Å².